The Balaban J connectivity index is 3.28. The van der Waals surface area contributed by atoms with Gasteiger partial charge in [-0.2, -0.15) is 0 Å². The third-order valence-corrected chi connectivity index (χ3v) is 2.55. The first-order chi connectivity index (χ1) is 8.01. The van der Waals surface area contributed by atoms with Crippen molar-refractivity contribution in [2.24, 2.45) is 0 Å². The summed E-state index contributed by atoms with van der Waals surface area (Å²) in [5.41, 5.74) is 4.78. The number of hydrogen-bond donors (Lipinski definition) is 1. The summed E-state index contributed by atoms with van der Waals surface area (Å²) >= 11 is 3.09. The number of carbonyl (C=O) groups is 1. The fourth-order valence-corrected chi connectivity index (χ4v) is 1.53. The zero-order valence-electron chi connectivity index (χ0n) is 9.04. The third-order valence-electron chi connectivity index (χ3n) is 1.98. The van der Waals surface area contributed by atoms with E-state index in [0.29, 0.717) is 5.69 Å². The minimum Gasteiger partial charge on any atom is -0.462 e. The molecule has 1 rings (SSSR count). The second-order valence-corrected chi connectivity index (χ2v) is 3.68. The lowest BCUT2D eigenvalue weighted by Gasteiger charge is -2.11. The average Bonchev–Trinajstić information content (AvgIpc) is 2.29. The van der Waals surface area contributed by atoms with E-state index in [1.54, 1.807) is 6.92 Å². The van der Waals surface area contributed by atoms with Crippen LogP contribution in [0.3, 0.4) is 0 Å². The standard InChI is InChI=1S/C10H11BrF2N2O2/c1-2-17-10(16)6-3-5(4-11)15-8(7(6)14)9(12)13/h3,9H,2,4,14H2,1H3. The number of rotatable bonds is 4. The molecule has 0 radical (unpaired) electrons. The van der Waals surface area contributed by atoms with E-state index in [4.69, 9.17) is 10.5 Å². The van der Waals surface area contributed by atoms with Gasteiger partial charge in [0.2, 0.25) is 0 Å². The second kappa shape index (κ2) is 5.90. The van der Waals surface area contributed by atoms with Crippen LogP contribution in [-0.4, -0.2) is 17.6 Å². The first kappa shape index (κ1) is 13.8. The molecule has 2 N–H and O–H groups in total. The molecule has 17 heavy (non-hydrogen) atoms. The van der Waals surface area contributed by atoms with Gasteiger partial charge in [-0.1, -0.05) is 15.9 Å². The fraction of sp³-hybridized carbons (Fsp3) is 0.400. The summed E-state index contributed by atoms with van der Waals surface area (Å²) in [6.45, 7) is 1.77. The molecule has 1 aromatic rings. The highest BCUT2D eigenvalue weighted by Gasteiger charge is 2.21. The molecule has 94 valence electrons. The highest BCUT2D eigenvalue weighted by molar-refractivity contribution is 9.08. The van der Waals surface area contributed by atoms with Crippen molar-refractivity contribution in [1.82, 2.24) is 4.98 Å². The van der Waals surface area contributed by atoms with Gasteiger partial charge >= 0.3 is 5.97 Å². The maximum atomic E-state index is 12.7. The van der Waals surface area contributed by atoms with Crippen molar-refractivity contribution >= 4 is 27.6 Å². The Morgan fingerprint density at radius 2 is 2.29 bits per heavy atom. The van der Waals surface area contributed by atoms with E-state index in [0.717, 1.165) is 0 Å². The molecule has 0 fully saturated rings. The number of halogens is 3. The maximum absolute atomic E-state index is 12.7. The number of hydrogen-bond acceptors (Lipinski definition) is 4. The van der Waals surface area contributed by atoms with Crippen LogP contribution in [0.2, 0.25) is 0 Å². The first-order valence-electron chi connectivity index (χ1n) is 4.81. The molecule has 0 atom stereocenters. The van der Waals surface area contributed by atoms with Crippen molar-refractivity contribution in [1.29, 1.82) is 0 Å². The van der Waals surface area contributed by atoms with Gasteiger partial charge in [0, 0.05) is 5.33 Å². The summed E-state index contributed by atoms with van der Waals surface area (Å²) in [4.78, 5) is 15.2. The van der Waals surface area contributed by atoms with Crippen molar-refractivity contribution in [3.63, 3.8) is 0 Å². The quantitative estimate of drug-likeness (QED) is 0.686. The number of pyridine rings is 1. The van der Waals surface area contributed by atoms with Gasteiger partial charge < -0.3 is 10.5 Å². The van der Waals surface area contributed by atoms with E-state index in [-0.39, 0.29) is 23.2 Å². The molecular formula is C10H11BrF2N2O2. The summed E-state index contributed by atoms with van der Waals surface area (Å²) in [5.74, 6) is -0.725. The average molecular weight is 309 g/mol. The van der Waals surface area contributed by atoms with Crippen LogP contribution in [-0.2, 0) is 10.1 Å². The molecule has 0 saturated heterocycles. The molecule has 0 unspecified atom stereocenters. The number of carbonyl (C=O) groups excluding carboxylic acids is 1. The van der Waals surface area contributed by atoms with Gasteiger partial charge in [0.05, 0.1) is 23.6 Å². The highest BCUT2D eigenvalue weighted by atomic mass is 79.9. The van der Waals surface area contributed by atoms with E-state index >= 15 is 0 Å². The Bertz CT molecular complexity index is 427. The number of aromatic nitrogens is 1. The first-order valence-corrected chi connectivity index (χ1v) is 5.93. The van der Waals surface area contributed by atoms with Crippen LogP contribution < -0.4 is 5.73 Å². The topological polar surface area (TPSA) is 65.2 Å². The summed E-state index contributed by atoms with van der Waals surface area (Å²) in [6, 6.07) is 1.34. The van der Waals surface area contributed by atoms with E-state index in [2.05, 4.69) is 20.9 Å². The SMILES string of the molecule is CCOC(=O)c1cc(CBr)nc(C(F)F)c1N. The van der Waals surface area contributed by atoms with E-state index < -0.39 is 18.1 Å². The van der Waals surface area contributed by atoms with Crippen LogP contribution in [0, 0.1) is 0 Å². The monoisotopic (exact) mass is 308 g/mol. The van der Waals surface area contributed by atoms with E-state index in [1.807, 2.05) is 0 Å². The lowest BCUT2D eigenvalue weighted by atomic mass is 10.1. The van der Waals surface area contributed by atoms with Gasteiger partial charge in [0.25, 0.3) is 6.43 Å². The van der Waals surface area contributed by atoms with Crippen LogP contribution in [0.4, 0.5) is 14.5 Å². The summed E-state index contributed by atoms with van der Waals surface area (Å²) in [7, 11) is 0. The molecule has 7 heteroatoms. The minimum atomic E-state index is -2.83. The maximum Gasteiger partial charge on any atom is 0.340 e. The van der Waals surface area contributed by atoms with Crippen LogP contribution >= 0.6 is 15.9 Å². The fourth-order valence-electron chi connectivity index (χ4n) is 1.24. The van der Waals surface area contributed by atoms with Gasteiger partial charge in [0.15, 0.2) is 0 Å². The minimum absolute atomic E-state index is 0.0772. The Labute approximate surface area is 105 Å². The van der Waals surface area contributed by atoms with Gasteiger partial charge in [-0.15, -0.1) is 0 Å². The van der Waals surface area contributed by atoms with Gasteiger partial charge in [-0.3, -0.25) is 0 Å². The van der Waals surface area contributed by atoms with E-state index in [1.165, 1.54) is 6.07 Å². The molecular weight excluding hydrogens is 298 g/mol. The number of esters is 1. The number of nitrogens with zero attached hydrogens (tertiary/aromatic N) is 1. The Hall–Kier alpha value is -1.24. The molecule has 0 amide bonds. The number of anilines is 1. The van der Waals surface area contributed by atoms with Gasteiger partial charge in [0.1, 0.15) is 5.69 Å². The number of ether oxygens (including phenoxy) is 1. The Morgan fingerprint density at radius 3 is 2.76 bits per heavy atom. The number of alkyl halides is 3. The summed E-state index contributed by atoms with van der Waals surface area (Å²) in [6.07, 6.45) is -2.83. The molecule has 0 aliphatic rings. The van der Waals surface area contributed by atoms with Gasteiger partial charge in [-0.05, 0) is 13.0 Å². The molecule has 0 bridgehead atoms. The van der Waals surface area contributed by atoms with Crippen molar-refractivity contribution in [2.45, 2.75) is 18.7 Å². The van der Waals surface area contributed by atoms with Gasteiger partial charge in [-0.25, -0.2) is 18.6 Å². The molecule has 0 saturated carbocycles. The Morgan fingerprint density at radius 1 is 1.65 bits per heavy atom. The van der Waals surface area contributed by atoms with Crippen LogP contribution in [0.1, 0.15) is 35.1 Å². The molecule has 0 spiro atoms. The lowest BCUT2D eigenvalue weighted by Crippen LogP contribution is -2.12. The molecule has 1 heterocycles. The molecule has 0 aromatic carbocycles. The van der Waals surface area contributed by atoms with Crippen molar-refractivity contribution in [3.05, 3.63) is 23.0 Å². The highest BCUT2D eigenvalue weighted by Crippen LogP contribution is 2.27. The third kappa shape index (κ3) is 3.12. The molecule has 0 aliphatic carbocycles. The van der Waals surface area contributed by atoms with E-state index in [9.17, 15) is 13.6 Å². The number of nitrogens with two attached hydrogens (primary N) is 1. The smallest absolute Gasteiger partial charge is 0.340 e. The second-order valence-electron chi connectivity index (χ2n) is 3.11. The van der Waals surface area contributed by atoms with Crippen LogP contribution in [0.25, 0.3) is 0 Å². The summed E-state index contributed by atoms with van der Waals surface area (Å²) < 4.78 is 30.1. The lowest BCUT2D eigenvalue weighted by molar-refractivity contribution is 0.0527. The predicted octanol–water partition coefficient (Wildman–Crippen LogP) is 2.67. The molecule has 0 aliphatic heterocycles. The Kier molecular flexibility index (Phi) is 4.80. The summed E-state index contributed by atoms with van der Waals surface area (Å²) in [5, 5.41) is 0.249. The zero-order valence-corrected chi connectivity index (χ0v) is 10.6. The van der Waals surface area contributed by atoms with Crippen LogP contribution in [0.5, 0.6) is 0 Å². The van der Waals surface area contributed by atoms with Crippen molar-refractivity contribution < 1.29 is 18.3 Å². The number of nitrogen functional groups attached to an aromatic ring is 1. The van der Waals surface area contributed by atoms with Crippen molar-refractivity contribution in [3.8, 4) is 0 Å². The molecule has 1 aromatic heterocycles. The largest absolute Gasteiger partial charge is 0.462 e. The zero-order chi connectivity index (χ0) is 13.0. The molecule has 4 nitrogen and oxygen atoms in total. The predicted molar refractivity (Wildman–Crippen MR) is 62.2 cm³/mol. The van der Waals surface area contributed by atoms with Crippen molar-refractivity contribution in [2.75, 3.05) is 12.3 Å². The van der Waals surface area contributed by atoms with Crippen LogP contribution in [0.15, 0.2) is 6.07 Å². The normalized spacial score (nSPS) is 10.6.